The minimum Gasteiger partial charge on any atom is -0.464 e. The Balaban J connectivity index is 1.63. The van der Waals surface area contributed by atoms with Gasteiger partial charge in [0.2, 0.25) is 5.88 Å². The zero-order chi connectivity index (χ0) is 19.0. The third-order valence-corrected chi connectivity index (χ3v) is 4.94. The maximum atomic E-state index is 11.2. The molecule has 1 aliphatic heterocycles. The summed E-state index contributed by atoms with van der Waals surface area (Å²) < 4.78 is 7.19. The average Bonchev–Trinajstić information content (AvgIpc) is 3.07. The van der Waals surface area contributed by atoms with Crippen LogP contribution in [0.4, 0.5) is 4.79 Å². The first-order chi connectivity index (χ1) is 13.1. The molecule has 1 aliphatic rings. The lowest BCUT2D eigenvalue weighted by molar-refractivity contribution is 0.138. The topological polar surface area (TPSA) is 101 Å². The number of aliphatic hydroxyl groups is 1. The maximum absolute atomic E-state index is 11.2. The van der Waals surface area contributed by atoms with E-state index in [0.717, 1.165) is 23.1 Å². The molecule has 0 spiro atoms. The van der Waals surface area contributed by atoms with Crippen LogP contribution in [0.1, 0.15) is 18.2 Å². The van der Waals surface area contributed by atoms with Crippen molar-refractivity contribution in [3.8, 4) is 11.6 Å². The monoisotopic (exact) mass is 368 g/mol. The fourth-order valence-electron chi connectivity index (χ4n) is 3.52. The number of ether oxygens (including phenoxy) is 1. The summed E-state index contributed by atoms with van der Waals surface area (Å²) in [6.07, 6.45) is 2.72. The number of hydrogen-bond donors (Lipinski definition) is 2. The quantitative estimate of drug-likeness (QED) is 0.729. The van der Waals surface area contributed by atoms with Gasteiger partial charge in [0.25, 0.3) is 0 Å². The zero-order valence-corrected chi connectivity index (χ0v) is 14.9. The fraction of sp³-hybridized carbons (Fsp3) is 0.316. The molecule has 27 heavy (non-hydrogen) atoms. The van der Waals surface area contributed by atoms with Crippen LogP contribution in [0, 0.1) is 0 Å². The Kier molecular flexibility index (Phi) is 4.51. The molecular formula is C19H20N4O4. The predicted molar refractivity (Wildman–Crippen MR) is 98.1 cm³/mol. The molecule has 3 heterocycles. The number of nitrogens with zero attached hydrogens (tertiary/aromatic N) is 4. The Morgan fingerprint density at radius 2 is 2.19 bits per heavy atom. The highest BCUT2D eigenvalue weighted by atomic mass is 16.5. The highest BCUT2D eigenvalue weighted by molar-refractivity contribution is 5.89. The van der Waals surface area contributed by atoms with Gasteiger partial charge < -0.3 is 14.9 Å². The van der Waals surface area contributed by atoms with Crippen molar-refractivity contribution in [2.75, 3.05) is 13.2 Å². The van der Waals surface area contributed by atoms with E-state index in [9.17, 15) is 15.0 Å². The van der Waals surface area contributed by atoms with Crippen molar-refractivity contribution in [1.82, 2.24) is 19.4 Å². The van der Waals surface area contributed by atoms with E-state index in [1.54, 1.807) is 24.3 Å². The number of benzene rings is 1. The highest BCUT2D eigenvalue weighted by Gasteiger charge is 2.27. The minimum atomic E-state index is -1.02. The Morgan fingerprint density at radius 3 is 2.96 bits per heavy atom. The molecule has 3 aromatic rings. The van der Waals surface area contributed by atoms with Crippen molar-refractivity contribution in [2.45, 2.75) is 25.9 Å². The van der Waals surface area contributed by atoms with E-state index in [2.05, 4.69) is 21.8 Å². The molecule has 0 aliphatic carbocycles. The summed E-state index contributed by atoms with van der Waals surface area (Å²) in [5, 5.41) is 19.2. The van der Waals surface area contributed by atoms with Crippen molar-refractivity contribution in [3.63, 3.8) is 0 Å². The summed E-state index contributed by atoms with van der Waals surface area (Å²) in [6.45, 7) is 3.48. The van der Waals surface area contributed by atoms with E-state index >= 15 is 0 Å². The van der Waals surface area contributed by atoms with E-state index < -0.39 is 6.09 Å². The van der Waals surface area contributed by atoms with Gasteiger partial charge in [-0.15, -0.1) is 0 Å². The van der Waals surface area contributed by atoms with Crippen molar-refractivity contribution in [3.05, 3.63) is 48.0 Å². The van der Waals surface area contributed by atoms with Crippen molar-refractivity contribution in [1.29, 1.82) is 0 Å². The fourth-order valence-corrected chi connectivity index (χ4v) is 3.52. The molecule has 8 heteroatoms. The zero-order valence-electron chi connectivity index (χ0n) is 14.9. The molecule has 0 radical (unpaired) electrons. The lowest BCUT2D eigenvalue weighted by atomic mass is 9.99. The Bertz CT molecular complexity index is 1000. The largest absolute Gasteiger partial charge is 0.464 e. The third kappa shape index (κ3) is 3.24. The molecule has 0 unspecified atom stereocenters. The Hall–Kier alpha value is -2.97. The Labute approximate surface area is 155 Å². The molecule has 1 atom stereocenters. The van der Waals surface area contributed by atoms with Gasteiger partial charge in [-0.05, 0) is 37.6 Å². The molecule has 0 saturated heterocycles. The summed E-state index contributed by atoms with van der Waals surface area (Å²) in [6, 6.07) is 7.25. The molecule has 2 N–H and O–H groups in total. The van der Waals surface area contributed by atoms with Crippen LogP contribution in [0.5, 0.6) is 11.6 Å². The number of fused-ring (bicyclic) bond motifs is 2. The van der Waals surface area contributed by atoms with E-state index in [4.69, 9.17) is 4.74 Å². The number of rotatable bonds is 4. The van der Waals surface area contributed by atoms with Crippen LogP contribution >= 0.6 is 0 Å². The smallest absolute Gasteiger partial charge is 0.415 e. The lowest BCUT2D eigenvalue weighted by Gasteiger charge is -2.33. The summed E-state index contributed by atoms with van der Waals surface area (Å²) in [5.74, 6) is 1.12. The summed E-state index contributed by atoms with van der Waals surface area (Å²) in [5.41, 5.74) is 2.49. The molecule has 140 valence electrons. The van der Waals surface area contributed by atoms with Gasteiger partial charge in [0.05, 0.1) is 17.8 Å². The highest BCUT2D eigenvalue weighted by Crippen LogP contribution is 2.32. The molecule has 0 saturated carbocycles. The second kappa shape index (κ2) is 6.98. The summed E-state index contributed by atoms with van der Waals surface area (Å²) in [7, 11) is 0. The van der Waals surface area contributed by atoms with Crippen LogP contribution in [0.25, 0.3) is 10.9 Å². The molecule has 1 aromatic carbocycles. The number of carbonyl (C=O) groups is 1. The number of β-amino-alcohol motifs (C(OH)–C–C–N with tert-alkyl or cyclic N) is 1. The van der Waals surface area contributed by atoms with Gasteiger partial charge in [0.1, 0.15) is 12.1 Å². The van der Waals surface area contributed by atoms with Crippen molar-refractivity contribution >= 4 is 17.0 Å². The van der Waals surface area contributed by atoms with E-state index in [1.165, 1.54) is 17.1 Å². The first kappa shape index (κ1) is 17.4. The summed E-state index contributed by atoms with van der Waals surface area (Å²) in [4.78, 5) is 22.1. The van der Waals surface area contributed by atoms with Crippen LogP contribution in [-0.2, 0) is 13.0 Å². The number of carboxylic acid groups (broad SMARTS) is 1. The number of aliphatic hydroxyl groups excluding tert-OH is 1. The third-order valence-electron chi connectivity index (χ3n) is 4.94. The molecule has 0 amide bonds. The van der Waals surface area contributed by atoms with Gasteiger partial charge in [-0.2, -0.15) is 0 Å². The normalized spacial score (nSPS) is 17.0. The molecule has 8 nitrogen and oxygen atoms in total. The van der Waals surface area contributed by atoms with E-state index in [-0.39, 0.29) is 12.6 Å². The second-order valence-electron chi connectivity index (χ2n) is 6.64. The standard InChI is InChI=1S/C19H20N4O4/c1-12-8-15-16(10-22(12)6-7-24)20-11-21-18(15)27-14-2-3-17-13(9-14)4-5-23(17)19(25)26/h2-5,9,11-12,24H,6-8,10H2,1H3,(H,25,26)/t12-/m0/s1. The lowest BCUT2D eigenvalue weighted by Crippen LogP contribution is -2.40. The van der Waals surface area contributed by atoms with Gasteiger partial charge in [0.15, 0.2) is 0 Å². The van der Waals surface area contributed by atoms with Gasteiger partial charge in [0, 0.05) is 36.3 Å². The van der Waals surface area contributed by atoms with Crippen LogP contribution in [0.15, 0.2) is 36.8 Å². The SMILES string of the molecule is C[C@H]1Cc2c(ncnc2Oc2ccc3c(ccn3C(=O)O)c2)CN1CCO. The van der Waals surface area contributed by atoms with Gasteiger partial charge in [-0.1, -0.05) is 0 Å². The Morgan fingerprint density at radius 1 is 1.33 bits per heavy atom. The van der Waals surface area contributed by atoms with E-state index in [1.807, 2.05) is 0 Å². The molecule has 2 aromatic heterocycles. The van der Waals surface area contributed by atoms with Crippen LogP contribution < -0.4 is 4.74 Å². The first-order valence-electron chi connectivity index (χ1n) is 8.76. The van der Waals surface area contributed by atoms with Crippen LogP contribution in [0.2, 0.25) is 0 Å². The van der Waals surface area contributed by atoms with Gasteiger partial charge >= 0.3 is 6.09 Å². The summed E-state index contributed by atoms with van der Waals surface area (Å²) >= 11 is 0. The maximum Gasteiger partial charge on any atom is 0.415 e. The van der Waals surface area contributed by atoms with Gasteiger partial charge in [-0.3, -0.25) is 9.47 Å². The van der Waals surface area contributed by atoms with E-state index in [0.29, 0.717) is 30.2 Å². The number of aromatic nitrogens is 3. The molecule has 4 rings (SSSR count). The predicted octanol–water partition coefficient (Wildman–Crippen LogP) is 2.49. The van der Waals surface area contributed by atoms with Gasteiger partial charge in [-0.25, -0.2) is 14.8 Å². The minimum absolute atomic E-state index is 0.115. The van der Waals surface area contributed by atoms with Crippen LogP contribution in [0.3, 0.4) is 0 Å². The average molecular weight is 368 g/mol. The van der Waals surface area contributed by atoms with Crippen molar-refractivity contribution in [2.24, 2.45) is 0 Å². The number of hydrogen-bond acceptors (Lipinski definition) is 6. The van der Waals surface area contributed by atoms with Crippen molar-refractivity contribution < 1.29 is 19.7 Å². The van der Waals surface area contributed by atoms with Crippen LogP contribution in [-0.4, -0.2) is 54.9 Å². The molecule has 0 bridgehead atoms. The second-order valence-corrected chi connectivity index (χ2v) is 6.64. The molecular weight excluding hydrogens is 348 g/mol. The first-order valence-corrected chi connectivity index (χ1v) is 8.76. The molecule has 0 fully saturated rings.